The number of aromatic nitrogens is 5. The highest BCUT2D eigenvalue weighted by atomic mass is 15.3. The Balaban J connectivity index is 1.54. The summed E-state index contributed by atoms with van der Waals surface area (Å²) < 4.78 is 0. The second-order valence-electron chi connectivity index (χ2n) is 6.57. The van der Waals surface area contributed by atoms with Gasteiger partial charge in [0.1, 0.15) is 17.5 Å². The van der Waals surface area contributed by atoms with E-state index >= 15 is 0 Å². The Hall–Kier alpha value is -3.09. The molecule has 0 radical (unpaired) electrons. The molecule has 0 N–H and O–H groups in total. The summed E-state index contributed by atoms with van der Waals surface area (Å²) in [5.41, 5.74) is 2.05. The standard InChI is InChI=1S/C20H23N7/c1-3-17-14-19(25-20(24-17)16-4-7-21-8-5-16)27-12-10-26(11-13-27)18-6-9-22-15(2)23-18/h4-9,14H,3,10-13H2,1-2H3. The Morgan fingerprint density at radius 3 is 2.22 bits per heavy atom. The van der Waals surface area contributed by atoms with E-state index in [1.165, 1.54) is 0 Å². The summed E-state index contributed by atoms with van der Waals surface area (Å²) in [5, 5.41) is 0. The summed E-state index contributed by atoms with van der Waals surface area (Å²) >= 11 is 0. The highest BCUT2D eigenvalue weighted by Crippen LogP contribution is 2.22. The lowest BCUT2D eigenvalue weighted by atomic mass is 10.2. The van der Waals surface area contributed by atoms with Crippen molar-refractivity contribution in [1.82, 2.24) is 24.9 Å². The topological polar surface area (TPSA) is 70.9 Å². The van der Waals surface area contributed by atoms with Gasteiger partial charge in [0.05, 0.1) is 0 Å². The third kappa shape index (κ3) is 3.86. The summed E-state index contributed by atoms with van der Waals surface area (Å²) in [6, 6.07) is 7.99. The predicted molar refractivity (Wildman–Crippen MR) is 106 cm³/mol. The number of piperazine rings is 1. The molecule has 4 heterocycles. The molecule has 0 amide bonds. The van der Waals surface area contributed by atoms with Gasteiger partial charge in [-0.25, -0.2) is 19.9 Å². The van der Waals surface area contributed by atoms with Crippen LogP contribution in [0.3, 0.4) is 0 Å². The molecule has 27 heavy (non-hydrogen) atoms. The molecule has 3 aromatic heterocycles. The highest BCUT2D eigenvalue weighted by Gasteiger charge is 2.20. The Morgan fingerprint density at radius 1 is 0.852 bits per heavy atom. The fourth-order valence-corrected chi connectivity index (χ4v) is 3.24. The van der Waals surface area contributed by atoms with Gasteiger partial charge in [0, 0.05) is 62.1 Å². The zero-order chi connectivity index (χ0) is 18.6. The molecule has 0 spiro atoms. The molecule has 3 aromatic rings. The van der Waals surface area contributed by atoms with Crippen molar-refractivity contribution in [2.45, 2.75) is 20.3 Å². The first-order chi connectivity index (χ1) is 13.2. The van der Waals surface area contributed by atoms with Crippen LogP contribution in [0, 0.1) is 6.92 Å². The molecule has 0 aromatic carbocycles. The minimum atomic E-state index is 0.764. The normalized spacial score (nSPS) is 14.4. The van der Waals surface area contributed by atoms with E-state index in [1.807, 2.05) is 31.3 Å². The Kier molecular flexibility index (Phi) is 4.91. The van der Waals surface area contributed by atoms with Crippen LogP contribution in [0.5, 0.6) is 0 Å². The number of rotatable bonds is 4. The SMILES string of the molecule is CCc1cc(N2CCN(c3ccnc(C)n3)CC2)nc(-c2ccncc2)n1. The van der Waals surface area contributed by atoms with E-state index < -0.39 is 0 Å². The molecular weight excluding hydrogens is 338 g/mol. The van der Waals surface area contributed by atoms with E-state index in [2.05, 4.69) is 37.7 Å². The molecule has 1 fully saturated rings. The number of hydrogen-bond donors (Lipinski definition) is 0. The van der Waals surface area contributed by atoms with Crippen molar-refractivity contribution in [1.29, 1.82) is 0 Å². The van der Waals surface area contributed by atoms with Gasteiger partial charge in [-0.2, -0.15) is 0 Å². The van der Waals surface area contributed by atoms with Crippen LogP contribution in [0.25, 0.3) is 11.4 Å². The molecule has 0 unspecified atom stereocenters. The van der Waals surface area contributed by atoms with Crippen LogP contribution in [0.4, 0.5) is 11.6 Å². The minimum Gasteiger partial charge on any atom is -0.353 e. The van der Waals surface area contributed by atoms with Gasteiger partial charge in [-0.05, 0) is 31.5 Å². The van der Waals surface area contributed by atoms with E-state index in [1.54, 1.807) is 12.4 Å². The lowest BCUT2D eigenvalue weighted by molar-refractivity contribution is 0.639. The first kappa shape index (κ1) is 17.3. The highest BCUT2D eigenvalue weighted by molar-refractivity contribution is 5.57. The van der Waals surface area contributed by atoms with Crippen LogP contribution >= 0.6 is 0 Å². The summed E-state index contributed by atoms with van der Waals surface area (Å²) in [6.45, 7) is 7.67. The summed E-state index contributed by atoms with van der Waals surface area (Å²) in [6.07, 6.45) is 6.26. The lowest BCUT2D eigenvalue weighted by Crippen LogP contribution is -2.47. The summed E-state index contributed by atoms with van der Waals surface area (Å²) in [5.74, 6) is 3.56. The van der Waals surface area contributed by atoms with Crippen molar-refractivity contribution in [3.8, 4) is 11.4 Å². The van der Waals surface area contributed by atoms with Gasteiger partial charge in [-0.15, -0.1) is 0 Å². The third-order valence-electron chi connectivity index (χ3n) is 4.76. The van der Waals surface area contributed by atoms with Crippen molar-refractivity contribution in [3.63, 3.8) is 0 Å². The molecular formula is C20H23N7. The van der Waals surface area contributed by atoms with Gasteiger partial charge in [0.25, 0.3) is 0 Å². The maximum Gasteiger partial charge on any atom is 0.161 e. The van der Waals surface area contributed by atoms with Crippen LogP contribution in [-0.2, 0) is 6.42 Å². The Bertz CT molecular complexity index is 905. The molecule has 4 rings (SSSR count). The van der Waals surface area contributed by atoms with Crippen molar-refractivity contribution in [2.75, 3.05) is 36.0 Å². The predicted octanol–water partition coefficient (Wildman–Crippen LogP) is 2.53. The zero-order valence-electron chi connectivity index (χ0n) is 15.7. The van der Waals surface area contributed by atoms with Gasteiger partial charge < -0.3 is 9.80 Å². The number of nitrogens with zero attached hydrogens (tertiary/aromatic N) is 7. The van der Waals surface area contributed by atoms with Crippen molar-refractivity contribution >= 4 is 11.6 Å². The van der Waals surface area contributed by atoms with Gasteiger partial charge in [-0.1, -0.05) is 6.92 Å². The molecule has 7 heteroatoms. The molecule has 0 saturated carbocycles. The van der Waals surface area contributed by atoms with E-state index in [-0.39, 0.29) is 0 Å². The minimum absolute atomic E-state index is 0.764. The third-order valence-corrected chi connectivity index (χ3v) is 4.76. The summed E-state index contributed by atoms with van der Waals surface area (Å²) in [7, 11) is 0. The molecule has 1 saturated heterocycles. The van der Waals surface area contributed by atoms with Crippen molar-refractivity contribution < 1.29 is 0 Å². The fraction of sp³-hybridized carbons (Fsp3) is 0.350. The number of aryl methyl sites for hydroxylation is 2. The number of hydrogen-bond acceptors (Lipinski definition) is 7. The zero-order valence-corrected chi connectivity index (χ0v) is 15.7. The molecule has 138 valence electrons. The Labute approximate surface area is 159 Å². The summed E-state index contributed by atoms with van der Waals surface area (Å²) in [4.78, 5) is 27.0. The number of anilines is 2. The largest absolute Gasteiger partial charge is 0.353 e. The van der Waals surface area contributed by atoms with Gasteiger partial charge in [-0.3, -0.25) is 4.98 Å². The van der Waals surface area contributed by atoms with E-state index in [4.69, 9.17) is 9.97 Å². The first-order valence-electron chi connectivity index (χ1n) is 9.31. The van der Waals surface area contributed by atoms with Crippen LogP contribution < -0.4 is 9.80 Å². The molecule has 0 bridgehead atoms. The first-order valence-corrected chi connectivity index (χ1v) is 9.31. The van der Waals surface area contributed by atoms with Crippen LogP contribution in [0.15, 0.2) is 42.9 Å². The van der Waals surface area contributed by atoms with Crippen LogP contribution in [0.2, 0.25) is 0 Å². The average Bonchev–Trinajstić information content (AvgIpc) is 2.74. The second kappa shape index (κ2) is 7.65. The lowest BCUT2D eigenvalue weighted by Gasteiger charge is -2.36. The quantitative estimate of drug-likeness (QED) is 0.707. The smallest absolute Gasteiger partial charge is 0.161 e. The average molecular weight is 361 g/mol. The molecule has 1 aliphatic rings. The maximum atomic E-state index is 4.83. The van der Waals surface area contributed by atoms with Crippen LogP contribution in [-0.4, -0.2) is 51.1 Å². The van der Waals surface area contributed by atoms with E-state index in [0.29, 0.717) is 0 Å². The van der Waals surface area contributed by atoms with Gasteiger partial charge >= 0.3 is 0 Å². The Morgan fingerprint density at radius 2 is 1.56 bits per heavy atom. The number of pyridine rings is 1. The van der Waals surface area contributed by atoms with E-state index in [9.17, 15) is 0 Å². The van der Waals surface area contributed by atoms with Crippen LogP contribution in [0.1, 0.15) is 18.4 Å². The van der Waals surface area contributed by atoms with Crippen molar-refractivity contribution in [3.05, 3.63) is 54.4 Å². The molecule has 7 nitrogen and oxygen atoms in total. The van der Waals surface area contributed by atoms with Crippen molar-refractivity contribution in [2.24, 2.45) is 0 Å². The monoisotopic (exact) mass is 361 g/mol. The molecule has 0 aliphatic carbocycles. The molecule has 0 atom stereocenters. The maximum absolute atomic E-state index is 4.83. The fourth-order valence-electron chi connectivity index (χ4n) is 3.24. The van der Waals surface area contributed by atoms with Gasteiger partial charge in [0.2, 0.25) is 0 Å². The molecule has 1 aliphatic heterocycles. The van der Waals surface area contributed by atoms with E-state index in [0.717, 1.165) is 67.1 Å². The second-order valence-corrected chi connectivity index (χ2v) is 6.57. The van der Waals surface area contributed by atoms with Gasteiger partial charge in [0.15, 0.2) is 5.82 Å².